The molecule has 1 fully saturated rings. The number of methoxy groups -OCH3 is 1. The number of benzene rings is 2. The van der Waals surface area contributed by atoms with E-state index in [0.29, 0.717) is 15.6 Å². The lowest BCUT2D eigenvalue weighted by atomic mass is 9.95. The number of nitrogens with zero attached hydrogens (tertiary/aromatic N) is 1. The number of rotatable bonds is 5. The Bertz CT molecular complexity index is 1020. The van der Waals surface area contributed by atoms with E-state index >= 15 is 0 Å². The van der Waals surface area contributed by atoms with E-state index in [9.17, 15) is 14.7 Å². The summed E-state index contributed by atoms with van der Waals surface area (Å²) in [6, 6.07) is 8.33. The molecular weight excluding hydrogens is 460 g/mol. The SMILES string of the molecule is COCCN1C(=O)C(=O)/C(=C(\O)c2ccc(Cl)c(Cl)c2)C1c1ccc(Cl)c(Cl)c1. The zero-order chi connectivity index (χ0) is 21.3. The lowest BCUT2D eigenvalue weighted by Crippen LogP contribution is -2.32. The van der Waals surface area contributed by atoms with Gasteiger partial charge in [0.25, 0.3) is 11.7 Å². The number of carbonyl (C=O) groups excluding carboxylic acids is 2. The first-order valence-electron chi connectivity index (χ1n) is 8.44. The number of hydrogen-bond donors (Lipinski definition) is 1. The average molecular weight is 475 g/mol. The number of ketones is 1. The van der Waals surface area contributed by atoms with E-state index in [1.165, 1.54) is 30.2 Å². The Hall–Kier alpha value is -1.76. The van der Waals surface area contributed by atoms with Gasteiger partial charge in [0, 0.05) is 19.2 Å². The number of aliphatic hydroxyl groups is 1. The van der Waals surface area contributed by atoms with Crippen molar-refractivity contribution in [2.45, 2.75) is 6.04 Å². The van der Waals surface area contributed by atoms with Crippen LogP contribution in [0.15, 0.2) is 42.0 Å². The number of ether oxygens (including phenoxy) is 1. The normalized spacial score (nSPS) is 18.5. The highest BCUT2D eigenvalue weighted by Crippen LogP contribution is 2.41. The van der Waals surface area contributed by atoms with Gasteiger partial charge < -0.3 is 14.7 Å². The maximum Gasteiger partial charge on any atom is 0.295 e. The van der Waals surface area contributed by atoms with Crippen LogP contribution in [0.1, 0.15) is 17.2 Å². The van der Waals surface area contributed by atoms with Gasteiger partial charge in [0.2, 0.25) is 0 Å². The smallest absolute Gasteiger partial charge is 0.295 e. The van der Waals surface area contributed by atoms with Crippen molar-refractivity contribution in [3.63, 3.8) is 0 Å². The fourth-order valence-electron chi connectivity index (χ4n) is 3.13. The predicted molar refractivity (Wildman–Crippen MR) is 114 cm³/mol. The molecule has 1 aliphatic rings. The largest absolute Gasteiger partial charge is 0.507 e. The van der Waals surface area contributed by atoms with E-state index in [-0.39, 0.29) is 40.1 Å². The minimum atomic E-state index is -0.866. The summed E-state index contributed by atoms with van der Waals surface area (Å²) in [5.74, 6) is -1.93. The van der Waals surface area contributed by atoms with E-state index in [1.807, 2.05) is 0 Å². The molecule has 1 atom stereocenters. The highest BCUT2D eigenvalue weighted by Gasteiger charge is 2.46. The molecule has 152 valence electrons. The van der Waals surface area contributed by atoms with Gasteiger partial charge in [-0.05, 0) is 35.9 Å². The third-order valence-electron chi connectivity index (χ3n) is 4.53. The van der Waals surface area contributed by atoms with Crippen LogP contribution in [-0.4, -0.2) is 42.0 Å². The molecule has 0 aliphatic carbocycles. The average Bonchev–Trinajstić information content (AvgIpc) is 2.94. The molecular formula is C20H15Cl4NO4. The maximum absolute atomic E-state index is 12.8. The van der Waals surface area contributed by atoms with Gasteiger partial charge in [0.05, 0.1) is 38.3 Å². The molecule has 1 aliphatic heterocycles. The lowest BCUT2D eigenvalue weighted by Gasteiger charge is -2.25. The van der Waals surface area contributed by atoms with Crippen molar-refractivity contribution >= 4 is 63.9 Å². The summed E-state index contributed by atoms with van der Waals surface area (Å²) in [5, 5.41) is 12.0. The Morgan fingerprint density at radius 3 is 2.21 bits per heavy atom. The van der Waals surface area contributed by atoms with Crippen LogP contribution in [0.2, 0.25) is 20.1 Å². The Morgan fingerprint density at radius 2 is 1.62 bits per heavy atom. The first-order valence-corrected chi connectivity index (χ1v) is 9.95. The van der Waals surface area contributed by atoms with Crippen LogP contribution in [-0.2, 0) is 14.3 Å². The predicted octanol–water partition coefficient (Wildman–Crippen LogP) is 5.37. The number of halogens is 4. The third kappa shape index (κ3) is 4.25. The molecule has 3 rings (SSSR count). The van der Waals surface area contributed by atoms with Crippen LogP contribution < -0.4 is 0 Å². The van der Waals surface area contributed by atoms with E-state index in [2.05, 4.69) is 0 Å². The Morgan fingerprint density at radius 1 is 1.00 bits per heavy atom. The van der Waals surface area contributed by atoms with Crippen LogP contribution in [0.3, 0.4) is 0 Å². The first-order chi connectivity index (χ1) is 13.8. The highest BCUT2D eigenvalue weighted by atomic mass is 35.5. The molecule has 0 aromatic heterocycles. The van der Waals surface area contributed by atoms with Crippen LogP contribution in [0.25, 0.3) is 5.76 Å². The second-order valence-corrected chi connectivity index (χ2v) is 7.92. The quantitative estimate of drug-likeness (QED) is 0.359. The number of carbonyl (C=O) groups is 2. The summed E-state index contributed by atoms with van der Waals surface area (Å²) in [6.07, 6.45) is 0. The molecule has 0 radical (unpaired) electrons. The molecule has 1 saturated heterocycles. The monoisotopic (exact) mass is 473 g/mol. The standard InChI is InChI=1S/C20H15Cl4NO4/c1-29-7-6-25-17(10-2-4-12(21)14(23)8-10)16(19(27)20(25)28)18(26)11-3-5-13(22)15(24)9-11/h2-5,8-9,17,26H,6-7H2,1H3/b18-16-. The van der Waals surface area contributed by atoms with Gasteiger partial charge >= 0.3 is 0 Å². The second-order valence-electron chi connectivity index (χ2n) is 6.29. The van der Waals surface area contributed by atoms with Crippen molar-refractivity contribution in [3.05, 3.63) is 73.2 Å². The summed E-state index contributed by atoms with van der Waals surface area (Å²) in [6.45, 7) is 0.349. The minimum absolute atomic E-state index is 0.0807. The van der Waals surface area contributed by atoms with Gasteiger partial charge in [-0.15, -0.1) is 0 Å². The zero-order valence-corrected chi connectivity index (χ0v) is 18.1. The number of amides is 1. The van der Waals surface area contributed by atoms with Crippen molar-refractivity contribution in [1.82, 2.24) is 4.90 Å². The molecule has 1 heterocycles. The topological polar surface area (TPSA) is 66.8 Å². The molecule has 1 unspecified atom stereocenters. The molecule has 2 aromatic carbocycles. The summed E-state index contributed by atoms with van der Waals surface area (Å²) >= 11 is 24.1. The maximum atomic E-state index is 12.8. The molecule has 29 heavy (non-hydrogen) atoms. The van der Waals surface area contributed by atoms with Gasteiger partial charge in [-0.1, -0.05) is 52.5 Å². The lowest BCUT2D eigenvalue weighted by molar-refractivity contribution is -0.140. The van der Waals surface area contributed by atoms with E-state index in [4.69, 9.17) is 51.1 Å². The number of aliphatic hydroxyl groups excluding tert-OH is 1. The number of hydrogen-bond acceptors (Lipinski definition) is 4. The molecule has 0 spiro atoms. The molecule has 0 bridgehead atoms. The first kappa shape index (κ1) is 21.9. The highest BCUT2D eigenvalue weighted by molar-refractivity contribution is 6.47. The van der Waals surface area contributed by atoms with E-state index < -0.39 is 17.7 Å². The van der Waals surface area contributed by atoms with Gasteiger partial charge in [-0.3, -0.25) is 9.59 Å². The molecule has 1 N–H and O–H groups in total. The summed E-state index contributed by atoms with van der Waals surface area (Å²) < 4.78 is 5.06. The van der Waals surface area contributed by atoms with Crippen LogP contribution >= 0.6 is 46.4 Å². The van der Waals surface area contributed by atoms with Crippen LogP contribution in [0, 0.1) is 0 Å². The van der Waals surface area contributed by atoms with Crippen LogP contribution in [0.4, 0.5) is 0 Å². The molecule has 0 saturated carbocycles. The van der Waals surface area contributed by atoms with Gasteiger partial charge in [-0.2, -0.15) is 0 Å². The summed E-state index contributed by atoms with van der Waals surface area (Å²) in [7, 11) is 1.49. The van der Waals surface area contributed by atoms with Gasteiger partial charge in [0.1, 0.15) is 5.76 Å². The van der Waals surface area contributed by atoms with Gasteiger partial charge in [-0.25, -0.2) is 0 Å². The zero-order valence-electron chi connectivity index (χ0n) is 15.1. The Kier molecular flexibility index (Phi) is 6.76. The molecule has 2 aromatic rings. The fourth-order valence-corrected chi connectivity index (χ4v) is 3.73. The van der Waals surface area contributed by atoms with Crippen molar-refractivity contribution in [1.29, 1.82) is 0 Å². The van der Waals surface area contributed by atoms with Gasteiger partial charge in [0.15, 0.2) is 0 Å². The summed E-state index contributed by atoms with van der Waals surface area (Å²) in [5.41, 5.74) is 0.702. The van der Waals surface area contributed by atoms with Crippen LogP contribution in [0.5, 0.6) is 0 Å². The third-order valence-corrected chi connectivity index (χ3v) is 6.01. The minimum Gasteiger partial charge on any atom is -0.507 e. The second kappa shape index (κ2) is 8.94. The summed E-state index contributed by atoms with van der Waals surface area (Å²) in [4.78, 5) is 26.8. The van der Waals surface area contributed by atoms with Crippen molar-refractivity contribution in [2.24, 2.45) is 0 Å². The Balaban J connectivity index is 2.20. The van der Waals surface area contributed by atoms with Crippen molar-refractivity contribution in [2.75, 3.05) is 20.3 Å². The number of Topliss-reactive ketones (excluding diaryl/α,β-unsaturated/α-hetero) is 1. The van der Waals surface area contributed by atoms with Crippen molar-refractivity contribution in [3.8, 4) is 0 Å². The fraction of sp³-hybridized carbons (Fsp3) is 0.200. The van der Waals surface area contributed by atoms with Crippen molar-refractivity contribution < 1.29 is 19.4 Å². The van der Waals surface area contributed by atoms with E-state index in [1.54, 1.807) is 18.2 Å². The number of likely N-dealkylation sites (tertiary alicyclic amines) is 1. The molecule has 1 amide bonds. The Labute approximate surface area is 187 Å². The molecule has 9 heteroatoms. The molecule has 5 nitrogen and oxygen atoms in total. The van der Waals surface area contributed by atoms with E-state index in [0.717, 1.165) is 0 Å².